The van der Waals surface area contributed by atoms with Crippen LogP contribution in [0.3, 0.4) is 0 Å². The molecule has 1 fully saturated rings. The summed E-state index contributed by atoms with van der Waals surface area (Å²) in [5.74, 6) is 0. The summed E-state index contributed by atoms with van der Waals surface area (Å²) in [7, 11) is 0. The zero-order valence-corrected chi connectivity index (χ0v) is 9.06. The Balaban J connectivity index is 2.06. The fourth-order valence-electron chi connectivity index (χ4n) is 1.66. The first-order valence-electron chi connectivity index (χ1n) is 4.89. The fourth-order valence-corrected chi connectivity index (χ4v) is 2.65. The summed E-state index contributed by atoms with van der Waals surface area (Å²) in [5, 5.41) is 4.91. The molecular formula is C10H14N2OS. The van der Waals surface area contributed by atoms with Gasteiger partial charge in [0.1, 0.15) is 0 Å². The van der Waals surface area contributed by atoms with Crippen molar-refractivity contribution >= 4 is 17.4 Å². The van der Waals surface area contributed by atoms with E-state index in [1.165, 1.54) is 10.4 Å². The third kappa shape index (κ3) is 1.75. The summed E-state index contributed by atoms with van der Waals surface area (Å²) in [6.07, 6.45) is 1.05. The molecule has 1 saturated heterocycles. The molecule has 4 heteroatoms. The molecule has 0 aliphatic carbocycles. The van der Waals surface area contributed by atoms with Gasteiger partial charge in [-0.2, -0.15) is 0 Å². The number of amides is 2. The lowest BCUT2D eigenvalue weighted by molar-refractivity contribution is 0.216. The van der Waals surface area contributed by atoms with Crippen molar-refractivity contribution in [2.75, 3.05) is 13.1 Å². The van der Waals surface area contributed by atoms with Gasteiger partial charge in [0.15, 0.2) is 0 Å². The van der Waals surface area contributed by atoms with Crippen LogP contribution in [0.15, 0.2) is 11.4 Å². The van der Waals surface area contributed by atoms with Crippen LogP contribution in [0.5, 0.6) is 0 Å². The van der Waals surface area contributed by atoms with E-state index < -0.39 is 0 Å². The Kier molecular flexibility index (Phi) is 2.72. The molecule has 0 spiro atoms. The lowest BCUT2D eigenvalue weighted by Gasteiger charge is -2.13. The quantitative estimate of drug-likeness (QED) is 0.811. The van der Waals surface area contributed by atoms with E-state index in [1.54, 1.807) is 11.3 Å². The fraction of sp³-hybridized carbons (Fsp3) is 0.500. The van der Waals surface area contributed by atoms with Gasteiger partial charge in [0, 0.05) is 18.0 Å². The molecule has 1 aromatic rings. The summed E-state index contributed by atoms with van der Waals surface area (Å²) < 4.78 is 0. The van der Waals surface area contributed by atoms with Crippen molar-refractivity contribution in [2.45, 2.75) is 19.9 Å². The molecule has 0 unspecified atom stereocenters. The summed E-state index contributed by atoms with van der Waals surface area (Å²) in [6, 6.07) is 2.22. The van der Waals surface area contributed by atoms with Gasteiger partial charge in [-0.05, 0) is 23.4 Å². The molecule has 0 aromatic carbocycles. The molecule has 1 N–H and O–H groups in total. The highest BCUT2D eigenvalue weighted by Crippen LogP contribution is 2.20. The molecule has 1 aliphatic rings. The second-order valence-electron chi connectivity index (χ2n) is 3.38. The number of nitrogens with zero attached hydrogens (tertiary/aromatic N) is 1. The van der Waals surface area contributed by atoms with Gasteiger partial charge in [-0.15, -0.1) is 11.3 Å². The van der Waals surface area contributed by atoms with E-state index in [0.717, 1.165) is 26.1 Å². The smallest absolute Gasteiger partial charge is 0.317 e. The van der Waals surface area contributed by atoms with Crippen molar-refractivity contribution in [3.8, 4) is 0 Å². The highest BCUT2D eigenvalue weighted by atomic mass is 32.1. The molecule has 0 bridgehead atoms. The molecule has 76 valence electrons. The predicted octanol–water partition coefficient (Wildman–Crippen LogP) is 1.84. The summed E-state index contributed by atoms with van der Waals surface area (Å²) in [4.78, 5) is 14.5. The van der Waals surface area contributed by atoms with Crippen LogP contribution in [0.4, 0.5) is 4.79 Å². The second-order valence-corrected chi connectivity index (χ2v) is 4.38. The minimum atomic E-state index is 0.0699. The van der Waals surface area contributed by atoms with Crippen LogP contribution in [0, 0.1) is 0 Å². The molecule has 1 aliphatic heterocycles. The predicted molar refractivity (Wildman–Crippen MR) is 57.5 cm³/mol. The molecule has 3 nitrogen and oxygen atoms in total. The van der Waals surface area contributed by atoms with Crippen molar-refractivity contribution in [2.24, 2.45) is 0 Å². The first-order chi connectivity index (χ1) is 6.81. The topological polar surface area (TPSA) is 32.3 Å². The molecule has 14 heavy (non-hydrogen) atoms. The van der Waals surface area contributed by atoms with Gasteiger partial charge in [-0.25, -0.2) is 4.79 Å². The highest BCUT2D eigenvalue weighted by Gasteiger charge is 2.20. The molecule has 2 rings (SSSR count). The number of carbonyl (C=O) groups is 1. The van der Waals surface area contributed by atoms with Crippen LogP contribution in [0.2, 0.25) is 0 Å². The molecular weight excluding hydrogens is 196 g/mol. The van der Waals surface area contributed by atoms with Crippen molar-refractivity contribution in [3.63, 3.8) is 0 Å². The zero-order chi connectivity index (χ0) is 9.97. The van der Waals surface area contributed by atoms with E-state index in [1.807, 2.05) is 4.90 Å². The average Bonchev–Trinajstić information content (AvgIpc) is 2.77. The van der Waals surface area contributed by atoms with Crippen LogP contribution < -0.4 is 5.32 Å². The first kappa shape index (κ1) is 9.52. The average molecular weight is 210 g/mol. The van der Waals surface area contributed by atoms with Gasteiger partial charge < -0.3 is 10.2 Å². The Morgan fingerprint density at radius 2 is 2.50 bits per heavy atom. The Hall–Kier alpha value is -1.03. The van der Waals surface area contributed by atoms with Crippen LogP contribution in [0.1, 0.15) is 17.4 Å². The van der Waals surface area contributed by atoms with E-state index in [4.69, 9.17) is 0 Å². The lowest BCUT2D eigenvalue weighted by Crippen LogP contribution is -2.27. The van der Waals surface area contributed by atoms with E-state index >= 15 is 0 Å². The van der Waals surface area contributed by atoms with Crippen molar-refractivity contribution in [1.82, 2.24) is 10.2 Å². The van der Waals surface area contributed by atoms with Crippen molar-refractivity contribution < 1.29 is 4.79 Å². The molecule has 0 saturated carbocycles. The van der Waals surface area contributed by atoms with E-state index in [0.29, 0.717) is 0 Å². The number of hydrogen-bond acceptors (Lipinski definition) is 2. The van der Waals surface area contributed by atoms with Gasteiger partial charge >= 0.3 is 6.03 Å². The number of nitrogens with one attached hydrogen (secondary N) is 1. The first-order valence-corrected chi connectivity index (χ1v) is 5.77. The maximum absolute atomic E-state index is 11.3. The number of carbonyl (C=O) groups excluding carboxylic acids is 1. The Morgan fingerprint density at radius 1 is 1.64 bits per heavy atom. The number of aryl methyl sites for hydroxylation is 1. The molecule has 0 radical (unpaired) electrons. The number of rotatable bonds is 3. The molecule has 2 amide bonds. The van der Waals surface area contributed by atoms with Gasteiger partial charge in [-0.1, -0.05) is 6.92 Å². The number of thiophene rings is 1. The Morgan fingerprint density at radius 3 is 3.14 bits per heavy atom. The highest BCUT2D eigenvalue weighted by molar-refractivity contribution is 7.10. The van der Waals surface area contributed by atoms with Crippen LogP contribution in [-0.4, -0.2) is 24.0 Å². The van der Waals surface area contributed by atoms with E-state index in [2.05, 4.69) is 23.7 Å². The van der Waals surface area contributed by atoms with Gasteiger partial charge in [0.05, 0.1) is 6.54 Å². The normalized spacial score (nSPS) is 16.1. The second kappa shape index (κ2) is 4.00. The third-order valence-electron chi connectivity index (χ3n) is 2.50. The van der Waals surface area contributed by atoms with Crippen LogP contribution in [0.25, 0.3) is 0 Å². The number of hydrogen-bond donors (Lipinski definition) is 1. The molecule has 1 aromatic heterocycles. The van der Waals surface area contributed by atoms with Crippen molar-refractivity contribution in [1.29, 1.82) is 0 Å². The molecule has 2 heterocycles. The SMILES string of the molecule is CCc1ccsc1CN1CCNC1=O. The Bertz CT molecular complexity index is 335. The van der Waals surface area contributed by atoms with Gasteiger partial charge in [-0.3, -0.25) is 0 Å². The minimum absolute atomic E-state index is 0.0699. The largest absolute Gasteiger partial charge is 0.336 e. The molecule has 0 atom stereocenters. The summed E-state index contributed by atoms with van der Waals surface area (Å²) >= 11 is 1.74. The standard InChI is InChI=1S/C10H14N2OS/c1-2-8-3-6-14-9(8)7-12-5-4-11-10(12)13/h3,6H,2,4-5,7H2,1H3,(H,11,13). The van der Waals surface area contributed by atoms with E-state index in [9.17, 15) is 4.79 Å². The van der Waals surface area contributed by atoms with Gasteiger partial charge in [0.25, 0.3) is 0 Å². The number of urea groups is 1. The minimum Gasteiger partial charge on any atom is -0.336 e. The zero-order valence-electron chi connectivity index (χ0n) is 8.25. The van der Waals surface area contributed by atoms with Crippen LogP contribution in [-0.2, 0) is 13.0 Å². The monoisotopic (exact) mass is 210 g/mol. The van der Waals surface area contributed by atoms with E-state index in [-0.39, 0.29) is 6.03 Å². The third-order valence-corrected chi connectivity index (χ3v) is 3.45. The maximum Gasteiger partial charge on any atom is 0.317 e. The summed E-state index contributed by atoms with van der Waals surface area (Å²) in [6.45, 7) is 4.54. The lowest BCUT2D eigenvalue weighted by atomic mass is 10.2. The summed E-state index contributed by atoms with van der Waals surface area (Å²) in [5.41, 5.74) is 1.37. The van der Waals surface area contributed by atoms with Crippen LogP contribution >= 0.6 is 11.3 Å². The Labute approximate surface area is 87.7 Å². The van der Waals surface area contributed by atoms with Crippen molar-refractivity contribution in [3.05, 3.63) is 21.9 Å². The maximum atomic E-state index is 11.3. The van der Waals surface area contributed by atoms with Gasteiger partial charge in [0.2, 0.25) is 0 Å².